The summed E-state index contributed by atoms with van der Waals surface area (Å²) in [5, 5.41) is 9.28. The first-order valence-corrected chi connectivity index (χ1v) is 10.5. The van der Waals surface area contributed by atoms with Gasteiger partial charge in [0.25, 0.3) is 11.8 Å². The fraction of sp³-hybridized carbons (Fsp3) is 0.261. The predicted molar refractivity (Wildman–Crippen MR) is 121 cm³/mol. The standard InChI is InChI=1S/C23H24F2N6O3/c1-34-17-5-3-2-4-16(17)22(33)28-11-13-6-8-14(9-7-13)19-18(21(27)32)20(26)31(30-19)15-10-23(24,25)29-12-15/h2-9,15,29H,10-12,26H2,1H3,(H2,27,32)(H,28,33). The number of carbonyl (C=O) groups is 2. The monoisotopic (exact) mass is 470 g/mol. The number of halogens is 2. The van der Waals surface area contributed by atoms with E-state index < -0.39 is 24.4 Å². The molecular weight excluding hydrogens is 446 g/mol. The Morgan fingerprint density at radius 1 is 1.24 bits per heavy atom. The van der Waals surface area contributed by atoms with Crippen LogP contribution in [-0.2, 0) is 6.54 Å². The van der Waals surface area contributed by atoms with E-state index in [0.717, 1.165) is 5.56 Å². The number of methoxy groups -OCH3 is 1. The van der Waals surface area contributed by atoms with Crippen molar-refractivity contribution in [3.05, 3.63) is 65.2 Å². The Balaban J connectivity index is 1.53. The Morgan fingerprint density at radius 2 is 1.94 bits per heavy atom. The third kappa shape index (κ3) is 4.55. The van der Waals surface area contributed by atoms with Crippen LogP contribution in [-0.4, -0.2) is 41.3 Å². The van der Waals surface area contributed by atoms with E-state index in [1.165, 1.54) is 11.8 Å². The second-order valence-electron chi connectivity index (χ2n) is 7.94. The van der Waals surface area contributed by atoms with Gasteiger partial charge in [0.15, 0.2) is 0 Å². The minimum atomic E-state index is -3.04. The van der Waals surface area contributed by atoms with Gasteiger partial charge in [0, 0.05) is 25.1 Å². The normalized spacial score (nSPS) is 16.9. The summed E-state index contributed by atoms with van der Waals surface area (Å²) in [5.41, 5.74) is 13.5. The summed E-state index contributed by atoms with van der Waals surface area (Å²) in [7, 11) is 1.49. The van der Waals surface area contributed by atoms with E-state index in [1.54, 1.807) is 48.5 Å². The smallest absolute Gasteiger partial charge is 0.304 e. The highest BCUT2D eigenvalue weighted by atomic mass is 19.3. The summed E-state index contributed by atoms with van der Waals surface area (Å²) in [6.45, 7) is 0.209. The number of carbonyl (C=O) groups excluding carboxylic acids is 2. The number of nitrogen functional groups attached to an aromatic ring is 1. The quantitative estimate of drug-likeness (QED) is 0.391. The molecule has 3 aromatic rings. The lowest BCUT2D eigenvalue weighted by Crippen LogP contribution is -2.28. The molecule has 1 saturated heterocycles. The number of nitrogens with zero attached hydrogens (tertiary/aromatic N) is 2. The molecule has 1 aromatic heterocycles. The molecule has 0 spiro atoms. The van der Waals surface area contributed by atoms with Gasteiger partial charge < -0.3 is 21.5 Å². The van der Waals surface area contributed by atoms with E-state index in [2.05, 4.69) is 15.7 Å². The zero-order valence-corrected chi connectivity index (χ0v) is 18.3. The lowest BCUT2D eigenvalue weighted by molar-refractivity contribution is -0.0176. The van der Waals surface area contributed by atoms with Gasteiger partial charge in [-0.15, -0.1) is 0 Å². The molecule has 34 heavy (non-hydrogen) atoms. The first-order chi connectivity index (χ1) is 16.2. The highest BCUT2D eigenvalue weighted by Crippen LogP contribution is 2.35. The molecule has 1 unspecified atom stereocenters. The number of benzene rings is 2. The summed E-state index contributed by atoms with van der Waals surface area (Å²) in [6, 6.07) is 10.0. The molecule has 11 heteroatoms. The molecule has 1 aliphatic rings. The van der Waals surface area contributed by atoms with Gasteiger partial charge in [-0.1, -0.05) is 36.4 Å². The van der Waals surface area contributed by atoms with Gasteiger partial charge in [0.05, 0.1) is 18.7 Å². The van der Waals surface area contributed by atoms with Crippen LogP contribution < -0.4 is 26.8 Å². The van der Waals surface area contributed by atoms with Gasteiger partial charge in [-0.2, -0.15) is 13.9 Å². The minimum Gasteiger partial charge on any atom is -0.496 e. The second-order valence-corrected chi connectivity index (χ2v) is 7.94. The Morgan fingerprint density at radius 3 is 2.56 bits per heavy atom. The molecule has 0 radical (unpaired) electrons. The van der Waals surface area contributed by atoms with Gasteiger partial charge in [0.2, 0.25) is 0 Å². The molecule has 6 N–H and O–H groups in total. The van der Waals surface area contributed by atoms with Crippen molar-refractivity contribution in [1.82, 2.24) is 20.4 Å². The third-order valence-corrected chi connectivity index (χ3v) is 5.66. The van der Waals surface area contributed by atoms with E-state index in [0.29, 0.717) is 16.9 Å². The maximum Gasteiger partial charge on any atom is 0.304 e. The topological polar surface area (TPSA) is 137 Å². The van der Waals surface area contributed by atoms with Crippen LogP contribution in [0, 0.1) is 0 Å². The van der Waals surface area contributed by atoms with E-state index in [-0.39, 0.29) is 36.1 Å². The van der Waals surface area contributed by atoms with E-state index in [4.69, 9.17) is 16.2 Å². The second kappa shape index (κ2) is 9.10. The van der Waals surface area contributed by atoms with Gasteiger partial charge in [-0.25, -0.2) is 4.68 Å². The SMILES string of the molecule is COc1ccccc1C(=O)NCc1ccc(-c2nn(C3CNC(F)(F)C3)c(N)c2C(N)=O)cc1. The molecule has 1 atom stereocenters. The van der Waals surface area contributed by atoms with Crippen LogP contribution in [0.1, 0.15) is 38.7 Å². The van der Waals surface area contributed by atoms with Gasteiger partial charge >= 0.3 is 6.05 Å². The number of amides is 2. The van der Waals surface area contributed by atoms with Crippen LogP contribution in [0.25, 0.3) is 11.3 Å². The van der Waals surface area contributed by atoms with Crippen molar-refractivity contribution in [2.45, 2.75) is 25.1 Å². The van der Waals surface area contributed by atoms with Crippen molar-refractivity contribution in [2.24, 2.45) is 5.73 Å². The summed E-state index contributed by atoms with van der Waals surface area (Å²) in [6.07, 6.45) is -0.499. The zero-order chi connectivity index (χ0) is 24.5. The Hall–Kier alpha value is -3.99. The van der Waals surface area contributed by atoms with Crippen LogP contribution in [0.4, 0.5) is 14.6 Å². The van der Waals surface area contributed by atoms with Gasteiger partial charge in [-0.3, -0.25) is 14.9 Å². The molecule has 2 amide bonds. The molecule has 1 aliphatic heterocycles. The molecule has 0 saturated carbocycles. The predicted octanol–water partition coefficient (Wildman–Crippen LogP) is 2.30. The number of hydrogen-bond acceptors (Lipinski definition) is 6. The van der Waals surface area contributed by atoms with Crippen molar-refractivity contribution in [3.8, 4) is 17.0 Å². The number of alkyl halides is 2. The molecule has 2 aromatic carbocycles. The number of hydrogen-bond donors (Lipinski definition) is 4. The molecule has 2 heterocycles. The maximum absolute atomic E-state index is 13.6. The van der Waals surface area contributed by atoms with E-state index in [9.17, 15) is 18.4 Å². The number of nitrogens with one attached hydrogen (secondary N) is 2. The molecule has 178 valence electrons. The van der Waals surface area contributed by atoms with Crippen LogP contribution >= 0.6 is 0 Å². The number of para-hydroxylation sites is 1. The number of ether oxygens (including phenoxy) is 1. The first kappa shape index (κ1) is 23.2. The molecular formula is C23H24F2N6O3. The molecule has 9 nitrogen and oxygen atoms in total. The van der Waals surface area contributed by atoms with E-state index >= 15 is 0 Å². The van der Waals surface area contributed by atoms with Crippen LogP contribution in [0.2, 0.25) is 0 Å². The van der Waals surface area contributed by atoms with Crippen molar-refractivity contribution in [1.29, 1.82) is 0 Å². The van der Waals surface area contributed by atoms with Gasteiger partial charge in [-0.05, 0) is 17.7 Å². The average Bonchev–Trinajstić information content (AvgIpc) is 3.36. The summed E-state index contributed by atoms with van der Waals surface area (Å²) >= 11 is 0. The third-order valence-electron chi connectivity index (χ3n) is 5.66. The van der Waals surface area contributed by atoms with Crippen LogP contribution in [0.15, 0.2) is 48.5 Å². The van der Waals surface area contributed by atoms with E-state index in [1.807, 2.05) is 0 Å². The van der Waals surface area contributed by atoms with Crippen molar-refractivity contribution >= 4 is 17.6 Å². The zero-order valence-electron chi connectivity index (χ0n) is 18.3. The highest BCUT2D eigenvalue weighted by molar-refractivity contribution is 6.03. The number of rotatable bonds is 7. The van der Waals surface area contributed by atoms with Crippen LogP contribution in [0.5, 0.6) is 5.75 Å². The Labute approximate surface area is 194 Å². The molecule has 4 rings (SSSR count). The number of aromatic nitrogens is 2. The largest absolute Gasteiger partial charge is 0.496 e. The van der Waals surface area contributed by atoms with Crippen molar-refractivity contribution < 1.29 is 23.1 Å². The van der Waals surface area contributed by atoms with Gasteiger partial charge in [0.1, 0.15) is 22.8 Å². The Kier molecular flexibility index (Phi) is 6.20. The minimum absolute atomic E-state index is 0.0209. The van der Waals surface area contributed by atoms with Crippen LogP contribution in [0.3, 0.4) is 0 Å². The summed E-state index contributed by atoms with van der Waals surface area (Å²) < 4.78 is 33.6. The molecule has 0 bridgehead atoms. The molecule has 1 fully saturated rings. The average molecular weight is 470 g/mol. The number of nitrogens with two attached hydrogens (primary N) is 2. The maximum atomic E-state index is 13.6. The lowest BCUT2D eigenvalue weighted by atomic mass is 10.0. The first-order valence-electron chi connectivity index (χ1n) is 10.5. The van der Waals surface area contributed by atoms with Crippen molar-refractivity contribution in [3.63, 3.8) is 0 Å². The lowest BCUT2D eigenvalue weighted by Gasteiger charge is -2.11. The number of primary amides is 1. The fourth-order valence-electron chi connectivity index (χ4n) is 3.94. The summed E-state index contributed by atoms with van der Waals surface area (Å²) in [4.78, 5) is 24.6. The molecule has 0 aliphatic carbocycles. The Bertz CT molecular complexity index is 1230. The van der Waals surface area contributed by atoms with Crippen molar-refractivity contribution in [2.75, 3.05) is 19.4 Å². The highest BCUT2D eigenvalue weighted by Gasteiger charge is 2.41. The number of anilines is 1. The summed E-state index contributed by atoms with van der Waals surface area (Å²) in [5.74, 6) is -0.673. The fourth-order valence-corrected chi connectivity index (χ4v) is 3.94.